The first-order valence-corrected chi connectivity index (χ1v) is 6.07. The fourth-order valence-electron chi connectivity index (χ4n) is 1.82. The molecule has 1 aromatic carbocycles. The second kappa shape index (κ2) is 5.83. The van der Waals surface area contributed by atoms with Crippen molar-refractivity contribution in [3.63, 3.8) is 0 Å². The van der Waals surface area contributed by atoms with E-state index in [0.717, 1.165) is 0 Å². The van der Waals surface area contributed by atoms with Gasteiger partial charge in [0.25, 0.3) is 0 Å². The largest absolute Gasteiger partial charge is 0.496 e. The molecule has 0 atom stereocenters. The van der Waals surface area contributed by atoms with Crippen LogP contribution in [0.5, 0.6) is 17.2 Å². The number of rotatable bonds is 4. The topological polar surface area (TPSA) is 79.5 Å². The number of aromatic nitrogens is 2. The van der Waals surface area contributed by atoms with Crippen molar-refractivity contribution in [1.82, 2.24) is 9.97 Å². The van der Waals surface area contributed by atoms with E-state index < -0.39 is 0 Å². The smallest absolute Gasteiger partial charge is 0.221 e. The number of nitrogens with zero attached hydrogens (tertiary/aromatic N) is 2. The Morgan fingerprint density at radius 2 is 1.55 bits per heavy atom. The summed E-state index contributed by atoms with van der Waals surface area (Å²) in [5.41, 5.74) is 6.77. The molecular formula is C13H14ClN3O3. The van der Waals surface area contributed by atoms with E-state index in [0.29, 0.717) is 28.5 Å². The summed E-state index contributed by atoms with van der Waals surface area (Å²) in [6, 6.07) is 5.04. The number of methoxy groups -OCH3 is 3. The van der Waals surface area contributed by atoms with Crippen LogP contribution in [0.1, 0.15) is 0 Å². The van der Waals surface area contributed by atoms with E-state index in [1.165, 1.54) is 0 Å². The van der Waals surface area contributed by atoms with E-state index in [9.17, 15) is 0 Å². The van der Waals surface area contributed by atoms with Gasteiger partial charge in [-0.15, -0.1) is 0 Å². The van der Waals surface area contributed by atoms with E-state index in [2.05, 4.69) is 9.97 Å². The molecule has 2 rings (SSSR count). The maximum absolute atomic E-state index is 5.91. The number of halogens is 1. The highest BCUT2D eigenvalue weighted by Gasteiger charge is 2.17. The lowest BCUT2D eigenvalue weighted by Crippen LogP contribution is -2.00. The van der Waals surface area contributed by atoms with Gasteiger partial charge >= 0.3 is 0 Å². The second-order valence-corrected chi connectivity index (χ2v) is 4.23. The summed E-state index contributed by atoms with van der Waals surface area (Å²) >= 11 is 5.91. The van der Waals surface area contributed by atoms with Crippen LogP contribution in [0.2, 0.25) is 5.15 Å². The molecule has 20 heavy (non-hydrogen) atoms. The number of ether oxygens (including phenoxy) is 3. The summed E-state index contributed by atoms with van der Waals surface area (Å²) in [7, 11) is 4.65. The minimum atomic E-state index is 0.0763. The van der Waals surface area contributed by atoms with E-state index >= 15 is 0 Å². The number of anilines is 1. The average Bonchev–Trinajstić information content (AvgIpc) is 2.44. The molecule has 1 heterocycles. The average molecular weight is 296 g/mol. The van der Waals surface area contributed by atoms with Crippen LogP contribution in [0.25, 0.3) is 11.3 Å². The minimum Gasteiger partial charge on any atom is -0.496 e. The van der Waals surface area contributed by atoms with Gasteiger partial charge in [-0.3, -0.25) is 0 Å². The third kappa shape index (κ3) is 2.70. The number of hydrogen-bond donors (Lipinski definition) is 1. The normalized spacial score (nSPS) is 10.2. The second-order valence-electron chi connectivity index (χ2n) is 3.84. The van der Waals surface area contributed by atoms with Crippen molar-refractivity contribution in [2.75, 3.05) is 27.1 Å². The maximum Gasteiger partial charge on any atom is 0.221 e. The molecule has 0 aliphatic rings. The summed E-state index contributed by atoms with van der Waals surface area (Å²) in [4.78, 5) is 7.99. The van der Waals surface area contributed by atoms with Crippen molar-refractivity contribution < 1.29 is 14.2 Å². The highest BCUT2D eigenvalue weighted by molar-refractivity contribution is 6.29. The Labute approximate surface area is 121 Å². The molecule has 0 unspecified atom stereocenters. The lowest BCUT2D eigenvalue weighted by atomic mass is 10.1. The number of hydrogen-bond acceptors (Lipinski definition) is 6. The summed E-state index contributed by atoms with van der Waals surface area (Å²) in [5.74, 6) is 1.76. The molecule has 0 spiro atoms. The lowest BCUT2D eigenvalue weighted by molar-refractivity contribution is 0.377. The van der Waals surface area contributed by atoms with E-state index in [1.807, 2.05) is 0 Å². The van der Waals surface area contributed by atoms with Gasteiger partial charge in [-0.1, -0.05) is 11.6 Å². The fraction of sp³-hybridized carbons (Fsp3) is 0.231. The van der Waals surface area contributed by atoms with Crippen molar-refractivity contribution in [3.05, 3.63) is 23.4 Å². The molecule has 0 radical (unpaired) electrons. The summed E-state index contributed by atoms with van der Waals surface area (Å²) in [6.07, 6.45) is 0. The van der Waals surface area contributed by atoms with Crippen molar-refractivity contribution in [1.29, 1.82) is 0 Å². The molecule has 0 saturated carbocycles. The van der Waals surface area contributed by atoms with Crippen LogP contribution in [0.15, 0.2) is 18.2 Å². The predicted molar refractivity (Wildman–Crippen MR) is 76.5 cm³/mol. The fourth-order valence-corrected chi connectivity index (χ4v) is 2.01. The zero-order valence-electron chi connectivity index (χ0n) is 11.3. The molecule has 6 nitrogen and oxygen atoms in total. The maximum atomic E-state index is 5.91. The molecule has 2 N–H and O–H groups in total. The molecule has 7 heteroatoms. The zero-order valence-corrected chi connectivity index (χ0v) is 12.1. The summed E-state index contributed by atoms with van der Waals surface area (Å²) < 4.78 is 15.9. The summed E-state index contributed by atoms with van der Waals surface area (Å²) in [6.45, 7) is 0. The molecular weight excluding hydrogens is 282 g/mol. The summed E-state index contributed by atoms with van der Waals surface area (Å²) in [5, 5.41) is 0.243. The lowest BCUT2D eigenvalue weighted by Gasteiger charge is -2.14. The standard InChI is InChI=1S/C13H14ClN3O3/c1-18-7-4-9(19-2)12(10(5-7)20-3)8-6-11(14)17-13(15)16-8/h4-6H,1-3H3,(H2,15,16,17). The quantitative estimate of drug-likeness (QED) is 0.873. The molecule has 0 bridgehead atoms. The van der Waals surface area contributed by atoms with Gasteiger partial charge < -0.3 is 19.9 Å². The molecule has 0 amide bonds. The highest BCUT2D eigenvalue weighted by atomic mass is 35.5. The molecule has 1 aromatic heterocycles. The van der Waals surface area contributed by atoms with Gasteiger partial charge in [0, 0.05) is 18.2 Å². The van der Waals surface area contributed by atoms with Crippen molar-refractivity contribution in [2.45, 2.75) is 0 Å². The molecule has 106 valence electrons. The van der Waals surface area contributed by atoms with Gasteiger partial charge in [-0.25, -0.2) is 9.97 Å². The Bertz CT molecular complexity index is 589. The van der Waals surface area contributed by atoms with Crippen LogP contribution >= 0.6 is 11.6 Å². The third-order valence-corrected chi connectivity index (χ3v) is 2.88. The molecule has 2 aromatic rings. The van der Waals surface area contributed by atoms with Crippen LogP contribution in [0, 0.1) is 0 Å². The number of benzene rings is 1. The van der Waals surface area contributed by atoms with Gasteiger partial charge in [-0.2, -0.15) is 0 Å². The van der Waals surface area contributed by atoms with Crippen molar-refractivity contribution in [2.24, 2.45) is 0 Å². The number of nitrogen functional groups attached to an aromatic ring is 1. The monoisotopic (exact) mass is 295 g/mol. The first-order valence-electron chi connectivity index (χ1n) is 5.69. The highest BCUT2D eigenvalue weighted by Crippen LogP contribution is 2.41. The molecule has 0 fully saturated rings. The third-order valence-electron chi connectivity index (χ3n) is 2.68. The Morgan fingerprint density at radius 3 is 2.00 bits per heavy atom. The van der Waals surface area contributed by atoms with Crippen LogP contribution in [0.3, 0.4) is 0 Å². The van der Waals surface area contributed by atoms with Gasteiger partial charge in [0.05, 0.1) is 32.6 Å². The molecule has 0 aliphatic heterocycles. The van der Waals surface area contributed by atoms with Crippen LogP contribution < -0.4 is 19.9 Å². The minimum absolute atomic E-state index is 0.0763. The van der Waals surface area contributed by atoms with E-state index in [-0.39, 0.29) is 11.1 Å². The Balaban J connectivity index is 2.70. The van der Waals surface area contributed by atoms with Crippen molar-refractivity contribution in [3.8, 4) is 28.5 Å². The van der Waals surface area contributed by atoms with Crippen molar-refractivity contribution >= 4 is 17.5 Å². The zero-order chi connectivity index (χ0) is 14.7. The Hall–Kier alpha value is -2.21. The van der Waals surface area contributed by atoms with Gasteiger partial charge in [-0.05, 0) is 0 Å². The predicted octanol–water partition coefficient (Wildman–Crippen LogP) is 2.41. The van der Waals surface area contributed by atoms with Crippen LogP contribution in [-0.2, 0) is 0 Å². The van der Waals surface area contributed by atoms with Gasteiger partial charge in [0.1, 0.15) is 22.4 Å². The first-order chi connectivity index (χ1) is 9.58. The van der Waals surface area contributed by atoms with E-state index in [1.54, 1.807) is 39.5 Å². The Kier molecular flexibility index (Phi) is 4.14. The van der Waals surface area contributed by atoms with Gasteiger partial charge in [0.2, 0.25) is 5.95 Å². The van der Waals surface area contributed by atoms with Crippen LogP contribution in [-0.4, -0.2) is 31.3 Å². The van der Waals surface area contributed by atoms with E-state index in [4.69, 9.17) is 31.5 Å². The Morgan fingerprint density at radius 1 is 0.950 bits per heavy atom. The van der Waals surface area contributed by atoms with Crippen LogP contribution in [0.4, 0.5) is 5.95 Å². The van der Waals surface area contributed by atoms with Gasteiger partial charge in [0.15, 0.2) is 0 Å². The SMILES string of the molecule is COc1cc(OC)c(-c2cc(Cl)nc(N)n2)c(OC)c1. The molecule has 0 saturated heterocycles. The first kappa shape index (κ1) is 14.2. The number of nitrogens with two attached hydrogens (primary N) is 1. The molecule has 0 aliphatic carbocycles.